The Bertz CT molecular complexity index is 983. The zero-order valence-corrected chi connectivity index (χ0v) is 17.1. The van der Waals surface area contributed by atoms with E-state index in [0.29, 0.717) is 19.4 Å². The van der Waals surface area contributed by atoms with Gasteiger partial charge < -0.3 is 4.90 Å². The van der Waals surface area contributed by atoms with Gasteiger partial charge in [0.1, 0.15) is 0 Å². The van der Waals surface area contributed by atoms with Gasteiger partial charge in [-0.1, -0.05) is 30.7 Å². The van der Waals surface area contributed by atoms with Crippen molar-refractivity contribution in [3.05, 3.63) is 58.7 Å². The van der Waals surface area contributed by atoms with Crippen LogP contribution < -0.4 is 9.62 Å². The Hall–Kier alpha value is -2.18. The predicted octanol–water partition coefficient (Wildman–Crippen LogP) is 3.64. The van der Waals surface area contributed by atoms with Crippen LogP contribution in [0.2, 0.25) is 0 Å². The smallest absolute Gasteiger partial charge is 0.241 e. The van der Waals surface area contributed by atoms with Gasteiger partial charge in [0.15, 0.2) is 0 Å². The molecule has 1 amide bonds. The second kappa shape index (κ2) is 7.44. The topological polar surface area (TPSA) is 66.5 Å². The molecule has 3 rings (SSSR count). The molecular weight excluding hydrogens is 360 g/mol. The zero-order valence-electron chi connectivity index (χ0n) is 16.2. The monoisotopic (exact) mass is 386 g/mol. The highest BCUT2D eigenvalue weighted by Gasteiger charge is 2.26. The third-order valence-electron chi connectivity index (χ3n) is 5.08. The lowest BCUT2D eigenvalue weighted by Crippen LogP contribution is -2.28. The first-order valence-electron chi connectivity index (χ1n) is 9.25. The van der Waals surface area contributed by atoms with Gasteiger partial charge in [-0.05, 0) is 62.1 Å². The van der Waals surface area contributed by atoms with Gasteiger partial charge >= 0.3 is 0 Å². The number of sulfonamides is 1. The van der Waals surface area contributed by atoms with Crippen molar-refractivity contribution in [2.45, 2.75) is 51.5 Å². The maximum Gasteiger partial charge on any atom is 0.241 e. The Morgan fingerprint density at radius 3 is 2.59 bits per heavy atom. The predicted molar refractivity (Wildman–Crippen MR) is 107 cm³/mol. The summed E-state index contributed by atoms with van der Waals surface area (Å²) in [6.45, 7) is 8.30. The van der Waals surface area contributed by atoms with Crippen molar-refractivity contribution in [1.29, 1.82) is 0 Å². The number of carbonyl (C=O) groups excluding carboxylic acids is 1. The van der Waals surface area contributed by atoms with Crippen LogP contribution in [0.1, 0.15) is 48.6 Å². The van der Waals surface area contributed by atoms with E-state index < -0.39 is 10.0 Å². The van der Waals surface area contributed by atoms with Crippen LogP contribution in [0.3, 0.4) is 0 Å². The summed E-state index contributed by atoms with van der Waals surface area (Å²) in [6, 6.07) is 10.7. The zero-order chi connectivity index (χ0) is 19.8. The first kappa shape index (κ1) is 19.6. The molecule has 1 aliphatic rings. The first-order chi connectivity index (χ1) is 12.7. The molecule has 1 atom stereocenters. The molecule has 0 aliphatic carbocycles. The fourth-order valence-electron chi connectivity index (χ4n) is 3.67. The SMILES string of the molecule is CCC(=O)N1CCc2cc(S(=O)(=O)N[C@H](C)c3ccc(C)cc3C)ccc21. The van der Waals surface area contributed by atoms with E-state index in [9.17, 15) is 13.2 Å². The molecule has 1 N–H and O–H groups in total. The fraction of sp³-hybridized carbons (Fsp3) is 0.381. The summed E-state index contributed by atoms with van der Waals surface area (Å²) in [5.74, 6) is 0.0611. The van der Waals surface area contributed by atoms with Crippen molar-refractivity contribution >= 4 is 21.6 Å². The highest BCUT2D eigenvalue weighted by molar-refractivity contribution is 7.89. The average Bonchev–Trinajstić information content (AvgIpc) is 3.03. The highest BCUT2D eigenvalue weighted by atomic mass is 32.2. The van der Waals surface area contributed by atoms with Gasteiger partial charge in [-0.2, -0.15) is 0 Å². The van der Waals surface area contributed by atoms with E-state index in [2.05, 4.69) is 10.8 Å². The van der Waals surface area contributed by atoms with E-state index in [4.69, 9.17) is 0 Å². The Balaban J connectivity index is 1.84. The minimum Gasteiger partial charge on any atom is -0.312 e. The summed E-state index contributed by atoms with van der Waals surface area (Å²) in [6.07, 6.45) is 1.12. The van der Waals surface area contributed by atoms with Crippen LogP contribution in [0.25, 0.3) is 0 Å². The van der Waals surface area contributed by atoms with E-state index >= 15 is 0 Å². The fourth-order valence-corrected chi connectivity index (χ4v) is 4.94. The van der Waals surface area contributed by atoms with E-state index in [1.807, 2.05) is 39.8 Å². The maximum absolute atomic E-state index is 12.9. The Morgan fingerprint density at radius 2 is 1.93 bits per heavy atom. The number of hydrogen-bond donors (Lipinski definition) is 1. The Kier molecular flexibility index (Phi) is 5.40. The van der Waals surface area contributed by atoms with E-state index in [-0.39, 0.29) is 16.8 Å². The number of benzene rings is 2. The molecule has 0 saturated carbocycles. The molecule has 1 aliphatic heterocycles. The van der Waals surface area contributed by atoms with E-state index in [0.717, 1.165) is 27.9 Å². The minimum absolute atomic E-state index is 0.0611. The summed E-state index contributed by atoms with van der Waals surface area (Å²) in [5, 5.41) is 0. The largest absolute Gasteiger partial charge is 0.312 e. The second-order valence-corrected chi connectivity index (χ2v) is 8.86. The summed E-state index contributed by atoms with van der Waals surface area (Å²) >= 11 is 0. The van der Waals surface area contributed by atoms with Crippen LogP contribution in [0.4, 0.5) is 5.69 Å². The lowest BCUT2D eigenvalue weighted by Gasteiger charge is -2.19. The first-order valence-corrected chi connectivity index (χ1v) is 10.7. The normalized spacial score (nSPS) is 14.9. The number of fused-ring (bicyclic) bond motifs is 1. The Morgan fingerprint density at radius 1 is 1.19 bits per heavy atom. The standard InChI is InChI=1S/C21H26N2O3S/c1-5-21(24)23-11-10-17-13-18(7-9-20(17)23)27(25,26)22-16(4)19-8-6-14(2)12-15(19)3/h6-9,12-13,16,22H,5,10-11H2,1-4H3/t16-/m1/s1. The van der Waals surface area contributed by atoms with Gasteiger partial charge in [-0.15, -0.1) is 0 Å². The van der Waals surface area contributed by atoms with Crippen LogP contribution in [0.15, 0.2) is 41.3 Å². The summed E-state index contributed by atoms with van der Waals surface area (Å²) in [7, 11) is -3.65. The molecule has 0 radical (unpaired) electrons. The minimum atomic E-state index is -3.65. The molecule has 0 saturated heterocycles. The molecule has 27 heavy (non-hydrogen) atoms. The van der Waals surface area contributed by atoms with Gasteiger partial charge in [0, 0.05) is 24.7 Å². The number of nitrogens with one attached hydrogen (secondary N) is 1. The quantitative estimate of drug-likeness (QED) is 0.853. The highest BCUT2D eigenvalue weighted by Crippen LogP contribution is 2.31. The lowest BCUT2D eigenvalue weighted by atomic mass is 10.0. The molecule has 0 bridgehead atoms. The molecule has 0 spiro atoms. The number of hydrogen-bond acceptors (Lipinski definition) is 3. The average molecular weight is 387 g/mol. The number of nitrogens with zero attached hydrogens (tertiary/aromatic N) is 1. The summed E-state index contributed by atoms with van der Waals surface area (Å²) in [4.78, 5) is 14.0. The third kappa shape index (κ3) is 3.92. The van der Waals surface area contributed by atoms with Crippen LogP contribution >= 0.6 is 0 Å². The molecule has 0 unspecified atom stereocenters. The van der Waals surface area contributed by atoms with Crippen molar-refractivity contribution < 1.29 is 13.2 Å². The number of aryl methyl sites for hydroxylation is 2. The van der Waals surface area contributed by atoms with Crippen molar-refractivity contribution in [2.75, 3.05) is 11.4 Å². The number of rotatable bonds is 5. The maximum atomic E-state index is 12.9. The van der Waals surface area contributed by atoms with Gasteiger partial charge in [0.2, 0.25) is 15.9 Å². The molecule has 144 valence electrons. The molecule has 0 fully saturated rings. The molecule has 0 aromatic heterocycles. The number of amides is 1. The van der Waals surface area contributed by atoms with Crippen LogP contribution in [-0.4, -0.2) is 20.9 Å². The van der Waals surface area contributed by atoms with E-state index in [1.54, 1.807) is 23.1 Å². The third-order valence-corrected chi connectivity index (χ3v) is 6.62. The van der Waals surface area contributed by atoms with Crippen LogP contribution in [0, 0.1) is 13.8 Å². The number of anilines is 1. The van der Waals surface area contributed by atoms with Gasteiger partial charge in [-0.25, -0.2) is 13.1 Å². The van der Waals surface area contributed by atoms with E-state index in [1.165, 1.54) is 0 Å². The molecule has 2 aromatic rings. The summed E-state index contributed by atoms with van der Waals surface area (Å²) < 4.78 is 28.5. The molecular formula is C21H26N2O3S. The second-order valence-electron chi connectivity index (χ2n) is 7.14. The Labute approximate surface area is 161 Å². The van der Waals surface area contributed by atoms with Crippen molar-refractivity contribution in [3.8, 4) is 0 Å². The lowest BCUT2D eigenvalue weighted by molar-refractivity contribution is -0.118. The van der Waals surface area contributed by atoms with Gasteiger partial charge in [0.25, 0.3) is 0 Å². The van der Waals surface area contributed by atoms with Crippen LogP contribution in [-0.2, 0) is 21.2 Å². The summed E-state index contributed by atoms with van der Waals surface area (Å²) in [5.41, 5.74) is 4.90. The van der Waals surface area contributed by atoms with Gasteiger partial charge in [-0.3, -0.25) is 4.79 Å². The van der Waals surface area contributed by atoms with Crippen molar-refractivity contribution in [3.63, 3.8) is 0 Å². The molecule has 1 heterocycles. The van der Waals surface area contributed by atoms with Crippen LogP contribution in [0.5, 0.6) is 0 Å². The van der Waals surface area contributed by atoms with Crippen molar-refractivity contribution in [1.82, 2.24) is 4.72 Å². The number of carbonyl (C=O) groups is 1. The molecule has 5 nitrogen and oxygen atoms in total. The molecule has 2 aromatic carbocycles. The molecule has 6 heteroatoms. The van der Waals surface area contributed by atoms with Gasteiger partial charge in [0.05, 0.1) is 4.90 Å². The van der Waals surface area contributed by atoms with Crippen molar-refractivity contribution in [2.24, 2.45) is 0 Å².